The summed E-state index contributed by atoms with van der Waals surface area (Å²) in [4.78, 5) is 31.3. The maximum atomic E-state index is 13.0. The zero-order valence-electron chi connectivity index (χ0n) is 18.2. The quantitative estimate of drug-likeness (QED) is 0.653. The number of carbonyl (C=O) groups is 1. The van der Waals surface area contributed by atoms with E-state index in [-0.39, 0.29) is 11.5 Å². The lowest BCUT2D eigenvalue weighted by molar-refractivity contribution is 0.0746. The van der Waals surface area contributed by atoms with E-state index in [0.29, 0.717) is 31.7 Å². The molecule has 3 aromatic rings. The highest BCUT2D eigenvalue weighted by atomic mass is 16.2. The Bertz CT molecular complexity index is 1130. The summed E-state index contributed by atoms with van der Waals surface area (Å²) in [5, 5.41) is 4.58. The van der Waals surface area contributed by atoms with Crippen LogP contribution in [0.15, 0.2) is 65.5 Å². The topological polar surface area (TPSA) is 61.7 Å². The third kappa shape index (κ3) is 4.45. The van der Waals surface area contributed by atoms with E-state index in [4.69, 9.17) is 0 Å². The average molecular weight is 418 g/mol. The van der Waals surface area contributed by atoms with Gasteiger partial charge in [0.1, 0.15) is 5.82 Å². The molecule has 0 bridgehead atoms. The SMILES string of the molecule is Cc1ccc(-n2nc(N3CCN(C(=O)c4cccc(N(C)C)c4)CC3)ccc2=O)cc1. The largest absolute Gasteiger partial charge is 0.378 e. The van der Waals surface area contributed by atoms with E-state index in [2.05, 4.69) is 10.00 Å². The van der Waals surface area contributed by atoms with Gasteiger partial charge in [0.25, 0.3) is 11.5 Å². The van der Waals surface area contributed by atoms with E-state index in [9.17, 15) is 9.59 Å². The predicted molar refractivity (Wildman–Crippen MR) is 123 cm³/mol. The van der Waals surface area contributed by atoms with Crippen LogP contribution in [0.1, 0.15) is 15.9 Å². The molecule has 1 amide bonds. The molecule has 1 aromatic heterocycles. The molecule has 0 aliphatic carbocycles. The van der Waals surface area contributed by atoms with E-state index < -0.39 is 0 Å². The van der Waals surface area contributed by atoms with E-state index >= 15 is 0 Å². The van der Waals surface area contributed by atoms with Gasteiger partial charge in [-0.05, 0) is 43.3 Å². The smallest absolute Gasteiger partial charge is 0.271 e. The van der Waals surface area contributed by atoms with Gasteiger partial charge in [-0.1, -0.05) is 23.8 Å². The minimum Gasteiger partial charge on any atom is -0.378 e. The van der Waals surface area contributed by atoms with Crippen molar-refractivity contribution in [3.8, 4) is 5.69 Å². The summed E-state index contributed by atoms with van der Waals surface area (Å²) in [6, 6.07) is 18.7. The Morgan fingerprint density at radius 1 is 0.935 bits per heavy atom. The standard InChI is InChI=1S/C24H27N5O2/c1-18-7-9-20(10-8-18)29-23(30)12-11-22(25-29)27-13-15-28(16-14-27)24(31)19-5-4-6-21(17-19)26(2)3/h4-12,17H,13-16H2,1-3H3. The number of anilines is 2. The highest BCUT2D eigenvalue weighted by molar-refractivity contribution is 5.95. The normalized spacial score (nSPS) is 13.9. The van der Waals surface area contributed by atoms with Crippen LogP contribution in [0.2, 0.25) is 0 Å². The van der Waals surface area contributed by atoms with Crippen LogP contribution in [-0.2, 0) is 0 Å². The van der Waals surface area contributed by atoms with Crippen molar-refractivity contribution in [2.24, 2.45) is 0 Å². The van der Waals surface area contributed by atoms with Crippen molar-refractivity contribution in [3.63, 3.8) is 0 Å². The van der Waals surface area contributed by atoms with Crippen molar-refractivity contribution < 1.29 is 4.79 Å². The van der Waals surface area contributed by atoms with Crippen LogP contribution in [0.3, 0.4) is 0 Å². The molecule has 1 aliphatic rings. The molecule has 0 atom stereocenters. The Kier molecular flexibility index (Phi) is 5.75. The summed E-state index contributed by atoms with van der Waals surface area (Å²) in [7, 11) is 3.93. The molecule has 0 N–H and O–H groups in total. The van der Waals surface area contributed by atoms with E-state index in [0.717, 1.165) is 22.8 Å². The van der Waals surface area contributed by atoms with Crippen molar-refractivity contribution in [3.05, 3.63) is 82.1 Å². The van der Waals surface area contributed by atoms with Crippen molar-refractivity contribution >= 4 is 17.4 Å². The number of benzene rings is 2. The van der Waals surface area contributed by atoms with Gasteiger partial charge in [-0.25, -0.2) is 0 Å². The van der Waals surface area contributed by atoms with Crippen LogP contribution in [-0.4, -0.2) is 60.9 Å². The van der Waals surface area contributed by atoms with Crippen LogP contribution in [0.25, 0.3) is 5.69 Å². The van der Waals surface area contributed by atoms with Crippen molar-refractivity contribution in [2.75, 3.05) is 50.1 Å². The van der Waals surface area contributed by atoms with Gasteiger partial charge in [0.2, 0.25) is 0 Å². The lowest BCUT2D eigenvalue weighted by Gasteiger charge is -2.35. The van der Waals surface area contributed by atoms with Gasteiger partial charge in [0, 0.05) is 57.6 Å². The molecule has 0 unspecified atom stereocenters. The number of hydrogen-bond donors (Lipinski definition) is 0. The number of hydrogen-bond acceptors (Lipinski definition) is 5. The van der Waals surface area contributed by atoms with Gasteiger partial charge in [-0.15, -0.1) is 5.10 Å². The Morgan fingerprint density at radius 2 is 1.65 bits per heavy atom. The monoisotopic (exact) mass is 417 g/mol. The second-order valence-electron chi connectivity index (χ2n) is 8.00. The Labute approximate surface area is 182 Å². The summed E-state index contributed by atoms with van der Waals surface area (Å²) in [6.45, 7) is 4.55. The summed E-state index contributed by atoms with van der Waals surface area (Å²) < 4.78 is 1.43. The summed E-state index contributed by atoms with van der Waals surface area (Å²) in [5.41, 5.74) is 3.41. The van der Waals surface area contributed by atoms with Gasteiger partial charge < -0.3 is 14.7 Å². The lowest BCUT2D eigenvalue weighted by Crippen LogP contribution is -2.49. The first-order chi connectivity index (χ1) is 14.9. The maximum Gasteiger partial charge on any atom is 0.271 e. The molecule has 0 radical (unpaired) electrons. The number of piperazine rings is 1. The summed E-state index contributed by atoms with van der Waals surface area (Å²) in [6.07, 6.45) is 0. The number of aromatic nitrogens is 2. The molecule has 1 aliphatic heterocycles. The van der Waals surface area contributed by atoms with Crippen molar-refractivity contribution in [2.45, 2.75) is 6.92 Å². The highest BCUT2D eigenvalue weighted by Crippen LogP contribution is 2.18. The third-order valence-electron chi connectivity index (χ3n) is 5.57. The molecule has 160 valence electrons. The maximum absolute atomic E-state index is 13.0. The fourth-order valence-electron chi connectivity index (χ4n) is 3.68. The van der Waals surface area contributed by atoms with Crippen molar-refractivity contribution in [1.82, 2.24) is 14.7 Å². The molecule has 1 saturated heterocycles. The predicted octanol–water partition coefficient (Wildman–Crippen LogP) is 2.57. The van der Waals surface area contributed by atoms with Gasteiger partial charge >= 0.3 is 0 Å². The number of amides is 1. The Morgan fingerprint density at radius 3 is 2.32 bits per heavy atom. The van der Waals surface area contributed by atoms with Crippen LogP contribution in [0.5, 0.6) is 0 Å². The number of aryl methyl sites for hydroxylation is 1. The third-order valence-corrected chi connectivity index (χ3v) is 5.57. The number of nitrogens with zero attached hydrogens (tertiary/aromatic N) is 5. The molecule has 2 heterocycles. The molecule has 31 heavy (non-hydrogen) atoms. The second kappa shape index (κ2) is 8.63. The molecule has 7 nitrogen and oxygen atoms in total. The molecule has 0 spiro atoms. The minimum atomic E-state index is -0.165. The van der Waals surface area contributed by atoms with Gasteiger partial charge in [-0.2, -0.15) is 4.68 Å². The molecular weight excluding hydrogens is 390 g/mol. The van der Waals surface area contributed by atoms with Crippen LogP contribution < -0.4 is 15.4 Å². The lowest BCUT2D eigenvalue weighted by atomic mass is 10.1. The van der Waals surface area contributed by atoms with Crippen molar-refractivity contribution in [1.29, 1.82) is 0 Å². The average Bonchev–Trinajstić information content (AvgIpc) is 2.80. The van der Waals surface area contributed by atoms with Gasteiger partial charge in [0.15, 0.2) is 0 Å². The van der Waals surface area contributed by atoms with Crippen LogP contribution >= 0.6 is 0 Å². The first-order valence-corrected chi connectivity index (χ1v) is 10.4. The highest BCUT2D eigenvalue weighted by Gasteiger charge is 2.23. The fraction of sp³-hybridized carbons (Fsp3) is 0.292. The first-order valence-electron chi connectivity index (χ1n) is 10.4. The molecule has 2 aromatic carbocycles. The van der Waals surface area contributed by atoms with E-state index in [1.807, 2.05) is 79.3 Å². The van der Waals surface area contributed by atoms with Gasteiger partial charge in [-0.3, -0.25) is 9.59 Å². The minimum absolute atomic E-state index is 0.0425. The summed E-state index contributed by atoms with van der Waals surface area (Å²) in [5.74, 6) is 0.780. The van der Waals surface area contributed by atoms with Gasteiger partial charge in [0.05, 0.1) is 5.69 Å². The first kappa shape index (κ1) is 20.7. The number of rotatable bonds is 4. The zero-order chi connectivity index (χ0) is 22.0. The molecule has 0 saturated carbocycles. The molecule has 1 fully saturated rings. The second-order valence-corrected chi connectivity index (χ2v) is 8.00. The van der Waals surface area contributed by atoms with E-state index in [1.54, 1.807) is 12.1 Å². The number of carbonyl (C=O) groups excluding carboxylic acids is 1. The Hall–Kier alpha value is -3.61. The molecule has 4 rings (SSSR count). The summed E-state index contributed by atoms with van der Waals surface area (Å²) >= 11 is 0. The zero-order valence-corrected chi connectivity index (χ0v) is 18.2. The van der Waals surface area contributed by atoms with Crippen LogP contribution in [0, 0.1) is 6.92 Å². The Balaban J connectivity index is 1.47. The molecular formula is C24H27N5O2. The van der Waals surface area contributed by atoms with Crippen LogP contribution in [0.4, 0.5) is 11.5 Å². The molecule has 7 heteroatoms. The van der Waals surface area contributed by atoms with E-state index in [1.165, 1.54) is 4.68 Å². The fourth-order valence-corrected chi connectivity index (χ4v) is 3.68.